The van der Waals surface area contributed by atoms with Crippen LogP contribution < -0.4 is 19.1 Å². The molecule has 1 amide bonds. The van der Waals surface area contributed by atoms with Gasteiger partial charge in [-0.2, -0.15) is 0 Å². The summed E-state index contributed by atoms with van der Waals surface area (Å²) in [6.45, 7) is 0.378. The topological polar surface area (TPSA) is 84.9 Å². The van der Waals surface area contributed by atoms with Crippen molar-refractivity contribution in [2.75, 3.05) is 29.4 Å². The summed E-state index contributed by atoms with van der Waals surface area (Å²) in [6, 6.07) is 17.2. The molecule has 3 aromatic rings. The number of hydrogen-bond acceptors (Lipinski definition) is 5. The maximum Gasteiger partial charge on any atom is 0.264 e. The van der Waals surface area contributed by atoms with Crippen molar-refractivity contribution in [2.24, 2.45) is 0 Å². The summed E-state index contributed by atoms with van der Waals surface area (Å²) < 4.78 is 38.7. The highest BCUT2D eigenvalue weighted by Gasteiger charge is 2.28. The molecule has 0 fully saturated rings. The first kappa shape index (κ1) is 22.3. The third-order valence-electron chi connectivity index (χ3n) is 4.64. The van der Waals surface area contributed by atoms with E-state index in [9.17, 15) is 13.2 Å². The molecule has 4 rings (SSSR count). The molecule has 0 aliphatic carbocycles. The van der Waals surface area contributed by atoms with Gasteiger partial charge in [0.05, 0.1) is 20.6 Å². The van der Waals surface area contributed by atoms with Crippen molar-refractivity contribution in [3.05, 3.63) is 76.8 Å². The van der Waals surface area contributed by atoms with Crippen LogP contribution in [-0.2, 0) is 14.8 Å². The fourth-order valence-corrected chi connectivity index (χ4v) is 4.85. The van der Waals surface area contributed by atoms with Crippen molar-refractivity contribution in [1.82, 2.24) is 0 Å². The molecule has 1 heterocycles. The molecule has 0 atom stereocenters. The molecule has 0 bridgehead atoms. The molecule has 7 nitrogen and oxygen atoms in total. The zero-order chi connectivity index (χ0) is 22.7. The van der Waals surface area contributed by atoms with Crippen molar-refractivity contribution in [3.63, 3.8) is 0 Å². The summed E-state index contributed by atoms with van der Waals surface area (Å²) in [7, 11) is -4.06. The molecule has 1 aliphatic rings. The molecule has 0 unspecified atom stereocenters. The van der Waals surface area contributed by atoms with E-state index in [0.29, 0.717) is 30.4 Å². The molecule has 166 valence electrons. The first-order chi connectivity index (χ1) is 15.3. The number of fused-ring (bicyclic) bond motifs is 1. The Balaban J connectivity index is 1.63. The number of carbonyl (C=O) groups excluding carboxylic acids is 1. The van der Waals surface area contributed by atoms with Crippen LogP contribution in [0.4, 0.5) is 11.4 Å². The Kier molecular flexibility index (Phi) is 6.45. The summed E-state index contributed by atoms with van der Waals surface area (Å²) in [5.74, 6) is 0.540. The van der Waals surface area contributed by atoms with Crippen LogP contribution in [0.5, 0.6) is 11.5 Å². The molecule has 10 heteroatoms. The van der Waals surface area contributed by atoms with Crippen LogP contribution in [0.2, 0.25) is 10.0 Å². The summed E-state index contributed by atoms with van der Waals surface area (Å²) in [4.78, 5) is 12.9. The van der Waals surface area contributed by atoms with Gasteiger partial charge in [0.25, 0.3) is 10.0 Å². The fraction of sp³-hybridized carbons (Fsp3) is 0.136. The van der Waals surface area contributed by atoms with E-state index < -0.39 is 22.5 Å². The van der Waals surface area contributed by atoms with Crippen molar-refractivity contribution in [2.45, 2.75) is 4.90 Å². The minimum atomic E-state index is -4.06. The zero-order valence-electron chi connectivity index (χ0n) is 16.6. The SMILES string of the molecule is O=C(CN(c1ccc(Cl)c(Cl)c1)S(=O)(=O)c1ccccc1)Nc1ccc2c(c1)OCCO2. The Morgan fingerprint density at radius 1 is 0.906 bits per heavy atom. The number of hydrogen-bond donors (Lipinski definition) is 1. The van der Waals surface area contributed by atoms with Gasteiger partial charge in [0.2, 0.25) is 5.91 Å². The third-order valence-corrected chi connectivity index (χ3v) is 7.16. The highest BCUT2D eigenvalue weighted by Crippen LogP contribution is 2.33. The predicted molar refractivity (Wildman–Crippen MR) is 123 cm³/mol. The first-order valence-corrected chi connectivity index (χ1v) is 11.8. The normalized spacial score (nSPS) is 12.8. The quantitative estimate of drug-likeness (QED) is 0.543. The predicted octanol–water partition coefficient (Wildman–Crippen LogP) is 4.60. The fourth-order valence-electron chi connectivity index (χ4n) is 3.13. The molecule has 1 N–H and O–H groups in total. The second-order valence-corrected chi connectivity index (χ2v) is 9.51. The van der Waals surface area contributed by atoms with Gasteiger partial charge in [-0.3, -0.25) is 9.10 Å². The standard InChI is InChI=1S/C22H18Cl2N2O5S/c23-18-8-7-16(13-19(18)24)26(32(28,29)17-4-2-1-3-5-17)14-22(27)25-15-6-9-20-21(12-15)31-11-10-30-20/h1-9,12-13H,10-11,14H2,(H,25,27). The molecule has 0 saturated heterocycles. The van der Waals surface area contributed by atoms with Gasteiger partial charge in [-0.1, -0.05) is 41.4 Å². The first-order valence-electron chi connectivity index (χ1n) is 9.57. The van der Waals surface area contributed by atoms with Crippen molar-refractivity contribution < 1.29 is 22.7 Å². The highest BCUT2D eigenvalue weighted by atomic mass is 35.5. The molecule has 32 heavy (non-hydrogen) atoms. The van der Waals surface area contributed by atoms with Gasteiger partial charge in [0, 0.05) is 11.8 Å². The van der Waals surface area contributed by atoms with E-state index in [-0.39, 0.29) is 20.6 Å². The summed E-state index contributed by atoms with van der Waals surface area (Å²) >= 11 is 12.1. The Labute approximate surface area is 195 Å². The summed E-state index contributed by atoms with van der Waals surface area (Å²) in [5, 5.41) is 3.14. The maximum absolute atomic E-state index is 13.3. The number of sulfonamides is 1. The molecule has 1 aliphatic heterocycles. The molecular formula is C22H18Cl2N2O5S. The summed E-state index contributed by atoms with van der Waals surface area (Å²) in [6.07, 6.45) is 0. The smallest absolute Gasteiger partial charge is 0.264 e. The van der Waals surface area contributed by atoms with Crippen LogP contribution in [0.15, 0.2) is 71.6 Å². The van der Waals surface area contributed by atoms with Gasteiger partial charge in [0.1, 0.15) is 19.8 Å². The van der Waals surface area contributed by atoms with E-state index in [1.165, 1.54) is 30.3 Å². The number of amides is 1. The monoisotopic (exact) mass is 492 g/mol. The van der Waals surface area contributed by atoms with Gasteiger partial charge in [-0.05, 0) is 42.5 Å². The third kappa shape index (κ3) is 4.77. The van der Waals surface area contributed by atoms with Gasteiger partial charge < -0.3 is 14.8 Å². The highest BCUT2D eigenvalue weighted by molar-refractivity contribution is 7.92. The molecule has 0 saturated carbocycles. The van der Waals surface area contributed by atoms with E-state index in [2.05, 4.69) is 5.32 Å². The second kappa shape index (κ2) is 9.28. The van der Waals surface area contributed by atoms with Crippen LogP contribution in [-0.4, -0.2) is 34.1 Å². The minimum absolute atomic E-state index is 0.0400. The Morgan fingerprint density at radius 3 is 2.34 bits per heavy atom. The maximum atomic E-state index is 13.3. The van der Waals surface area contributed by atoms with Gasteiger partial charge in [-0.15, -0.1) is 0 Å². The Morgan fingerprint density at radius 2 is 1.62 bits per heavy atom. The van der Waals surface area contributed by atoms with Crippen LogP contribution in [0, 0.1) is 0 Å². The number of benzene rings is 3. The number of anilines is 2. The lowest BCUT2D eigenvalue weighted by atomic mass is 10.2. The van der Waals surface area contributed by atoms with Crippen molar-refractivity contribution in [3.8, 4) is 11.5 Å². The minimum Gasteiger partial charge on any atom is -0.486 e. The Hall–Kier alpha value is -2.94. The lowest BCUT2D eigenvalue weighted by Crippen LogP contribution is -2.38. The van der Waals surface area contributed by atoms with Crippen LogP contribution in [0.3, 0.4) is 0 Å². The lowest BCUT2D eigenvalue weighted by molar-refractivity contribution is -0.114. The van der Waals surface area contributed by atoms with Crippen LogP contribution >= 0.6 is 23.2 Å². The number of rotatable bonds is 6. The van der Waals surface area contributed by atoms with Gasteiger partial charge in [-0.25, -0.2) is 8.42 Å². The van der Waals surface area contributed by atoms with E-state index in [1.807, 2.05) is 0 Å². The Bertz CT molecular complexity index is 1250. The number of ether oxygens (including phenoxy) is 2. The van der Waals surface area contributed by atoms with Crippen LogP contribution in [0.25, 0.3) is 0 Å². The van der Waals surface area contributed by atoms with Gasteiger partial charge in [0.15, 0.2) is 11.5 Å². The zero-order valence-corrected chi connectivity index (χ0v) is 19.0. The van der Waals surface area contributed by atoms with Crippen LogP contribution in [0.1, 0.15) is 0 Å². The van der Waals surface area contributed by atoms with Crippen molar-refractivity contribution in [1.29, 1.82) is 0 Å². The largest absolute Gasteiger partial charge is 0.486 e. The number of carbonyl (C=O) groups is 1. The molecule has 3 aromatic carbocycles. The van der Waals surface area contributed by atoms with E-state index >= 15 is 0 Å². The van der Waals surface area contributed by atoms with E-state index in [1.54, 1.807) is 36.4 Å². The van der Waals surface area contributed by atoms with Gasteiger partial charge >= 0.3 is 0 Å². The summed E-state index contributed by atoms with van der Waals surface area (Å²) in [5.41, 5.74) is 0.658. The van der Waals surface area contributed by atoms with E-state index in [0.717, 1.165) is 4.31 Å². The number of halogens is 2. The van der Waals surface area contributed by atoms with E-state index in [4.69, 9.17) is 32.7 Å². The average Bonchev–Trinajstić information content (AvgIpc) is 2.80. The molecule has 0 spiro atoms. The second-order valence-electron chi connectivity index (χ2n) is 6.83. The molecular weight excluding hydrogens is 475 g/mol. The molecule has 0 radical (unpaired) electrons. The average molecular weight is 493 g/mol. The number of nitrogens with zero attached hydrogens (tertiary/aromatic N) is 1. The molecule has 0 aromatic heterocycles. The lowest BCUT2D eigenvalue weighted by Gasteiger charge is -2.24. The van der Waals surface area contributed by atoms with Crippen molar-refractivity contribution >= 4 is 50.5 Å². The number of nitrogens with one attached hydrogen (secondary N) is 1.